The summed E-state index contributed by atoms with van der Waals surface area (Å²) in [7, 11) is 1.75. The van der Waals surface area contributed by atoms with E-state index in [1.165, 1.54) is 16.7 Å². The minimum absolute atomic E-state index is 0.342. The summed E-state index contributed by atoms with van der Waals surface area (Å²) in [6.07, 6.45) is 1.15. The fraction of sp³-hybridized carbons (Fsp3) is 0.571. The van der Waals surface area contributed by atoms with E-state index >= 15 is 0 Å². The Morgan fingerprint density at radius 3 is 2.56 bits per heavy atom. The van der Waals surface area contributed by atoms with E-state index in [0.717, 1.165) is 18.7 Å². The number of hydrogen-bond donors (Lipinski definition) is 1. The second kappa shape index (κ2) is 5.90. The van der Waals surface area contributed by atoms with Gasteiger partial charge in [-0.15, -0.1) is 0 Å². The van der Waals surface area contributed by atoms with Gasteiger partial charge in [-0.3, -0.25) is 0 Å². The first-order valence-corrected chi connectivity index (χ1v) is 5.99. The minimum atomic E-state index is 0.342. The highest BCUT2D eigenvalue weighted by molar-refractivity contribution is 5.46. The van der Waals surface area contributed by atoms with Gasteiger partial charge >= 0.3 is 0 Å². The summed E-state index contributed by atoms with van der Waals surface area (Å²) >= 11 is 0. The van der Waals surface area contributed by atoms with Gasteiger partial charge < -0.3 is 10.1 Å². The molecule has 0 bridgehead atoms. The predicted octanol–water partition coefficient (Wildman–Crippen LogP) is 3.37. The minimum Gasteiger partial charge on any atom is -0.496 e. The van der Waals surface area contributed by atoms with E-state index < -0.39 is 0 Å². The Bertz CT molecular complexity index is 347. The van der Waals surface area contributed by atoms with Crippen molar-refractivity contribution in [3.8, 4) is 5.75 Å². The fourth-order valence-electron chi connectivity index (χ4n) is 1.89. The Morgan fingerprint density at radius 2 is 2.00 bits per heavy atom. The number of hydrogen-bond acceptors (Lipinski definition) is 2. The highest BCUT2D eigenvalue weighted by atomic mass is 16.5. The molecular weight excluding hydrogens is 198 g/mol. The van der Waals surface area contributed by atoms with Crippen LogP contribution in [-0.2, 0) is 0 Å². The second-order valence-electron chi connectivity index (χ2n) is 4.31. The van der Waals surface area contributed by atoms with Crippen LogP contribution in [0.25, 0.3) is 0 Å². The number of aryl methyl sites for hydroxylation is 1. The van der Waals surface area contributed by atoms with Crippen LogP contribution in [-0.4, -0.2) is 13.7 Å². The highest BCUT2D eigenvalue weighted by Gasteiger charge is 2.13. The molecule has 0 aromatic heterocycles. The Morgan fingerprint density at radius 1 is 1.31 bits per heavy atom. The average Bonchev–Trinajstić information content (AvgIpc) is 2.29. The molecule has 0 heterocycles. The number of nitrogens with one attached hydrogen (secondary N) is 1. The van der Waals surface area contributed by atoms with Gasteiger partial charge in [0.15, 0.2) is 0 Å². The molecule has 0 amide bonds. The summed E-state index contributed by atoms with van der Waals surface area (Å²) in [4.78, 5) is 0. The molecule has 16 heavy (non-hydrogen) atoms. The van der Waals surface area contributed by atoms with Crippen molar-refractivity contribution in [2.45, 2.75) is 40.2 Å². The van der Waals surface area contributed by atoms with Gasteiger partial charge in [0.25, 0.3) is 0 Å². The summed E-state index contributed by atoms with van der Waals surface area (Å²) < 4.78 is 5.52. The van der Waals surface area contributed by atoms with Gasteiger partial charge in [-0.25, -0.2) is 0 Å². The molecule has 1 unspecified atom stereocenters. The van der Waals surface area contributed by atoms with E-state index in [-0.39, 0.29) is 0 Å². The van der Waals surface area contributed by atoms with Crippen molar-refractivity contribution in [3.63, 3.8) is 0 Å². The molecule has 2 heteroatoms. The topological polar surface area (TPSA) is 21.3 Å². The van der Waals surface area contributed by atoms with Crippen LogP contribution in [0.1, 0.15) is 43.0 Å². The van der Waals surface area contributed by atoms with Gasteiger partial charge in [0, 0.05) is 11.6 Å². The highest BCUT2D eigenvalue weighted by Crippen LogP contribution is 2.30. The van der Waals surface area contributed by atoms with Crippen LogP contribution < -0.4 is 10.1 Å². The van der Waals surface area contributed by atoms with Gasteiger partial charge in [-0.05, 0) is 44.9 Å². The molecular formula is C14H23NO. The molecule has 2 nitrogen and oxygen atoms in total. The first-order chi connectivity index (χ1) is 7.61. The van der Waals surface area contributed by atoms with Gasteiger partial charge in [-0.2, -0.15) is 0 Å². The summed E-state index contributed by atoms with van der Waals surface area (Å²) in [5, 5.41) is 3.49. The Hall–Kier alpha value is -1.02. The first kappa shape index (κ1) is 13.0. The van der Waals surface area contributed by atoms with Crippen molar-refractivity contribution < 1.29 is 4.74 Å². The molecule has 1 aromatic carbocycles. The largest absolute Gasteiger partial charge is 0.496 e. The molecule has 1 N–H and O–H groups in total. The zero-order valence-electron chi connectivity index (χ0n) is 11.1. The molecule has 1 atom stereocenters. The van der Waals surface area contributed by atoms with Crippen molar-refractivity contribution in [1.82, 2.24) is 5.32 Å². The molecule has 0 aliphatic rings. The lowest BCUT2D eigenvalue weighted by atomic mass is 10.00. The molecule has 0 spiro atoms. The molecule has 1 rings (SSSR count). The Kier molecular flexibility index (Phi) is 4.81. The van der Waals surface area contributed by atoms with Gasteiger partial charge in [0.05, 0.1) is 7.11 Å². The van der Waals surface area contributed by atoms with E-state index in [0.29, 0.717) is 6.04 Å². The predicted molar refractivity (Wildman–Crippen MR) is 69.2 cm³/mol. The van der Waals surface area contributed by atoms with E-state index in [1.807, 2.05) is 0 Å². The van der Waals surface area contributed by atoms with Crippen molar-refractivity contribution >= 4 is 0 Å². The summed E-state index contributed by atoms with van der Waals surface area (Å²) in [5.74, 6) is 1.02. The van der Waals surface area contributed by atoms with Crippen molar-refractivity contribution in [2.24, 2.45) is 0 Å². The van der Waals surface area contributed by atoms with E-state index in [1.54, 1.807) is 7.11 Å². The van der Waals surface area contributed by atoms with Crippen LogP contribution in [0.4, 0.5) is 0 Å². The number of ether oxygens (including phenoxy) is 1. The lowest BCUT2D eigenvalue weighted by Gasteiger charge is -2.19. The zero-order valence-corrected chi connectivity index (χ0v) is 11.1. The lowest BCUT2D eigenvalue weighted by molar-refractivity contribution is 0.398. The third-order valence-electron chi connectivity index (χ3n) is 3.08. The molecule has 1 aromatic rings. The van der Waals surface area contributed by atoms with Crippen LogP contribution >= 0.6 is 0 Å². The van der Waals surface area contributed by atoms with Crippen LogP contribution in [0, 0.1) is 13.8 Å². The molecule has 0 fully saturated rings. The third-order valence-corrected chi connectivity index (χ3v) is 3.08. The first-order valence-electron chi connectivity index (χ1n) is 5.99. The van der Waals surface area contributed by atoms with E-state index in [9.17, 15) is 0 Å². The molecule has 90 valence electrons. The molecule has 0 radical (unpaired) electrons. The number of methoxy groups -OCH3 is 1. The lowest BCUT2D eigenvalue weighted by Crippen LogP contribution is -2.20. The zero-order chi connectivity index (χ0) is 12.1. The van der Waals surface area contributed by atoms with Gasteiger partial charge in [0.2, 0.25) is 0 Å². The van der Waals surface area contributed by atoms with Crippen molar-refractivity contribution in [3.05, 3.63) is 28.8 Å². The number of rotatable bonds is 5. The molecule has 0 saturated heterocycles. The van der Waals surface area contributed by atoms with Crippen LogP contribution in [0.3, 0.4) is 0 Å². The van der Waals surface area contributed by atoms with E-state index in [2.05, 4.69) is 45.1 Å². The molecule has 0 saturated carbocycles. The maximum atomic E-state index is 5.52. The quantitative estimate of drug-likeness (QED) is 0.823. The summed E-state index contributed by atoms with van der Waals surface area (Å²) in [6, 6.07) is 4.67. The Labute approximate surface area is 99.0 Å². The molecule has 0 aliphatic carbocycles. The second-order valence-corrected chi connectivity index (χ2v) is 4.31. The summed E-state index contributed by atoms with van der Waals surface area (Å²) in [5.41, 5.74) is 3.77. The fourth-order valence-corrected chi connectivity index (χ4v) is 1.89. The maximum Gasteiger partial charge on any atom is 0.126 e. The smallest absolute Gasteiger partial charge is 0.126 e. The van der Waals surface area contributed by atoms with Crippen molar-refractivity contribution in [2.75, 3.05) is 13.7 Å². The van der Waals surface area contributed by atoms with E-state index in [4.69, 9.17) is 4.74 Å². The van der Waals surface area contributed by atoms with Crippen molar-refractivity contribution in [1.29, 1.82) is 0 Å². The van der Waals surface area contributed by atoms with Crippen LogP contribution in [0.5, 0.6) is 5.75 Å². The SMILES string of the molecule is CCCNC(C)c1ccc(C)c(C)c1OC. The third kappa shape index (κ3) is 2.76. The number of benzene rings is 1. The van der Waals surface area contributed by atoms with Crippen LogP contribution in [0.2, 0.25) is 0 Å². The monoisotopic (exact) mass is 221 g/mol. The Balaban J connectivity index is 2.99. The normalized spacial score (nSPS) is 12.6. The molecule has 0 aliphatic heterocycles. The van der Waals surface area contributed by atoms with Gasteiger partial charge in [-0.1, -0.05) is 19.1 Å². The van der Waals surface area contributed by atoms with Crippen LogP contribution in [0.15, 0.2) is 12.1 Å². The van der Waals surface area contributed by atoms with Gasteiger partial charge in [0.1, 0.15) is 5.75 Å². The summed E-state index contributed by atoms with van der Waals surface area (Å²) in [6.45, 7) is 9.63. The maximum absolute atomic E-state index is 5.52. The average molecular weight is 221 g/mol. The standard InChI is InChI=1S/C14H23NO/c1-6-9-15-12(4)13-8-7-10(2)11(3)14(13)16-5/h7-8,12,15H,6,9H2,1-5H3.